The average molecular weight is 473 g/mol. The van der Waals surface area contributed by atoms with Crippen LogP contribution in [0.4, 0.5) is 0 Å². The van der Waals surface area contributed by atoms with Crippen molar-refractivity contribution in [1.82, 2.24) is 0 Å². The van der Waals surface area contributed by atoms with Crippen LogP contribution in [-0.2, 0) is 18.4 Å². The molecule has 0 rings (SSSR count). The maximum absolute atomic E-state index is 12.1. The van der Waals surface area contributed by atoms with Gasteiger partial charge in [-0.25, -0.2) is 0 Å². The van der Waals surface area contributed by atoms with Crippen molar-refractivity contribution in [3.8, 4) is 0 Å². The van der Waals surface area contributed by atoms with E-state index in [2.05, 4.69) is 67.7 Å². The Balaban J connectivity index is 3.77. The van der Waals surface area contributed by atoms with Crippen molar-refractivity contribution in [3.05, 3.63) is 0 Å². The van der Waals surface area contributed by atoms with E-state index >= 15 is 0 Å². The van der Waals surface area contributed by atoms with E-state index in [1.807, 2.05) is 0 Å². The summed E-state index contributed by atoms with van der Waals surface area (Å²) in [6.45, 7) is 24.0. The lowest BCUT2D eigenvalue weighted by molar-refractivity contribution is -0.120. The Bertz CT molecular complexity index is 495. The molecule has 0 N–H and O–H groups in total. The van der Waals surface area contributed by atoms with Crippen LogP contribution >= 0.6 is 0 Å². The zero-order chi connectivity index (χ0) is 24.3. The van der Waals surface area contributed by atoms with Crippen LogP contribution in [0.15, 0.2) is 0 Å². The summed E-state index contributed by atoms with van der Waals surface area (Å²) < 4.78 is 12.3. The minimum absolute atomic E-state index is 0.229. The van der Waals surface area contributed by atoms with Gasteiger partial charge in [0, 0.05) is 38.9 Å². The molecule has 0 spiro atoms. The summed E-state index contributed by atoms with van der Waals surface area (Å²) in [6, 6.07) is 0. The molecule has 0 saturated heterocycles. The molecule has 0 heterocycles. The van der Waals surface area contributed by atoms with Gasteiger partial charge in [0.05, 0.1) is 0 Å². The maximum atomic E-state index is 12.1. The van der Waals surface area contributed by atoms with E-state index in [9.17, 15) is 9.59 Å². The Labute approximate surface area is 195 Å². The van der Waals surface area contributed by atoms with Gasteiger partial charge in [0.15, 0.2) is 16.6 Å². The van der Waals surface area contributed by atoms with E-state index in [0.717, 1.165) is 38.9 Å². The quantitative estimate of drug-likeness (QED) is 0.171. The molecular formula is C25H52O4Si2. The molecule has 184 valence electrons. The molecule has 0 amide bonds. The van der Waals surface area contributed by atoms with Gasteiger partial charge < -0.3 is 8.85 Å². The average Bonchev–Trinajstić information content (AvgIpc) is 2.59. The van der Waals surface area contributed by atoms with Crippen LogP contribution in [-0.4, -0.2) is 41.4 Å². The second-order valence-electron chi connectivity index (χ2n) is 12.1. The molecule has 0 unspecified atom stereocenters. The Kier molecular flexibility index (Phi) is 13.3. The summed E-state index contributed by atoms with van der Waals surface area (Å²) in [7, 11) is -3.36. The summed E-state index contributed by atoms with van der Waals surface area (Å²) in [5.74, 6) is 0.561. The predicted molar refractivity (Wildman–Crippen MR) is 138 cm³/mol. The van der Waals surface area contributed by atoms with E-state index in [0.29, 0.717) is 32.1 Å². The Hall–Kier alpha value is -0.306. The van der Waals surface area contributed by atoms with Crippen molar-refractivity contribution in [2.24, 2.45) is 0 Å². The van der Waals surface area contributed by atoms with Crippen molar-refractivity contribution in [1.29, 1.82) is 0 Å². The van der Waals surface area contributed by atoms with E-state index in [1.54, 1.807) is 0 Å². The lowest BCUT2D eigenvalue weighted by Gasteiger charge is -2.36. The summed E-state index contributed by atoms with van der Waals surface area (Å²) in [5.41, 5.74) is 0. The largest absolute Gasteiger partial charge is 0.417 e. The first-order chi connectivity index (χ1) is 14.0. The molecule has 0 atom stereocenters. The Morgan fingerprint density at radius 1 is 0.548 bits per heavy atom. The van der Waals surface area contributed by atoms with Crippen molar-refractivity contribution in [2.75, 3.05) is 13.2 Å². The normalized spacial score (nSPS) is 13.5. The van der Waals surface area contributed by atoms with Gasteiger partial charge in [0.1, 0.15) is 11.6 Å². The van der Waals surface area contributed by atoms with Gasteiger partial charge in [-0.1, -0.05) is 41.5 Å². The third kappa shape index (κ3) is 13.1. The van der Waals surface area contributed by atoms with Gasteiger partial charge in [-0.3, -0.25) is 9.59 Å². The number of rotatable bonds is 16. The van der Waals surface area contributed by atoms with E-state index < -0.39 is 16.6 Å². The number of hydrogen-bond donors (Lipinski definition) is 0. The maximum Gasteiger partial charge on any atom is 0.191 e. The monoisotopic (exact) mass is 472 g/mol. The molecule has 0 aliphatic carbocycles. The molecule has 0 radical (unpaired) electrons. The fraction of sp³-hybridized carbons (Fsp3) is 0.920. The summed E-state index contributed by atoms with van der Waals surface area (Å²) >= 11 is 0. The zero-order valence-electron chi connectivity index (χ0n) is 22.4. The van der Waals surface area contributed by atoms with Crippen LogP contribution in [0.2, 0.25) is 36.3 Å². The SMILES string of the molecule is CC(C)(C)[Si](C)(C)OCCCCC(=O)CCCC(=O)CCCCO[Si](C)(C)C(C)(C)C. The second-order valence-corrected chi connectivity index (χ2v) is 21.7. The molecule has 4 nitrogen and oxygen atoms in total. The molecule has 0 bridgehead atoms. The van der Waals surface area contributed by atoms with Crippen molar-refractivity contribution < 1.29 is 18.4 Å². The minimum Gasteiger partial charge on any atom is -0.417 e. The highest BCUT2D eigenvalue weighted by atomic mass is 28.4. The van der Waals surface area contributed by atoms with Gasteiger partial charge in [0.2, 0.25) is 0 Å². The predicted octanol–water partition coefficient (Wildman–Crippen LogP) is 7.68. The van der Waals surface area contributed by atoms with Gasteiger partial charge in [0.25, 0.3) is 0 Å². The standard InChI is InChI=1S/C25H52O4Si2/c1-24(2,3)30(7,8)28-20-13-11-16-22(26)18-15-19-23(27)17-12-14-21-29-31(9,10)25(4,5)6/h11-21H2,1-10H3. The van der Waals surface area contributed by atoms with Crippen LogP contribution < -0.4 is 0 Å². The number of carbonyl (C=O) groups excluding carboxylic acids is 2. The van der Waals surface area contributed by atoms with E-state index in [1.165, 1.54) is 0 Å². The fourth-order valence-electron chi connectivity index (χ4n) is 2.67. The minimum atomic E-state index is -1.68. The van der Waals surface area contributed by atoms with Gasteiger partial charge in [-0.05, 0) is 68.4 Å². The number of carbonyl (C=O) groups is 2. The van der Waals surface area contributed by atoms with Crippen molar-refractivity contribution in [3.63, 3.8) is 0 Å². The summed E-state index contributed by atoms with van der Waals surface area (Å²) in [6.07, 6.45) is 6.62. The van der Waals surface area contributed by atoms with Crippen LogP contribution in [0.1, 0.15) is 99.3 Å². The lowest BCUT2D eigenvalue weighted by atomic mass is 10.0. The molecule has 0 aliphatic rings. The fourth-order valence-corrected chi connectivity index (χ4v) is 4.84. The molecular weight excluding hydrogens is 420 g/mol. The van der Waals surface area contributed by atoms with E-state index in [-0.39, 0.29) is 21.6 Å². The first-order valence-corrected chi connectivity index (χ1v) is 18.1. The molecule has 0 aliphatic heterocycles. The van der Waals surface area contributed by atoms with Crippen molar-refractivity contribution in [2.45, 2.75) is 136 Å². The van der Waals surface area contributed by atoms with Crippen molar-refractivity contribution >= 4 is 28.2 Å². The third-order valence-corrected chi connectivity index (χ3v) is 16.2. The highest BCUT2D eigenvalue weighted by molar-refractivity contribution is 6.74. The van der Waals surface area contributed by atoms with Gasteiger partial charge in [-0.15, -0.1) is 0 Å². The third-order valence-electron chi connectivity index (χ3n) is 7.15. The molecule has 0 aromatic rings. The molecule has 31 heavy (non-hydrogen) atoms. The number of Topliss-reactive ketones (excluding diaryl/α,β-unsaturated/α-hetero) is 2. The highest BCUT2D eigenvalue weighted by Crippen LogP contribution is 2.37. The molecule has 6 heteroatoms. The van der Waals surface area contributed by atoms with Gasteiger partial charge >= 0.3 is 0 Å². The van der Waals surface area contributed by atoms with Crippen LogP contribution in [0.25, 0.3) is 0 Å². The van der Waals surface area contributed by atoms with Crippen LogP contribution in [0.5, 0.6) is 0 Å². The lowest BCUT2D eigenvalue weighted by Crippen LogP contribution is -2.40. The first kappa shape index (κ1) is 30.7. The number of hydrogen-bond acceptors (Lipinski definition) is 4. The molecule has 0 aromatic heterocycles. The Morgan fingerprint density at radius 2 is 0.839 bits per heavy atom. The molecule has 0 aromatic carbocycles. The summed E-state index contributed by atoms with van der Waals surface area (Å²) in [4.78, 5) is 24.1. The van der Waals surface area contributed by atoms with Gasteiger partial charge in [-0.2, -0.15) is 0 Å². The van der Waals surface area contributed by atoms with E-state index in [4.69, 9.17) is 8.85 Å². The summed E-state index contributed by atoms with van der Waals surface area (Å²) in [5, 5.41) is 0.459. The topological polar surface area (TPSA) is 52.6 Å². The van der Waals surface area contributed by atoms with Crippen LogP contribution in [0, 0.1) is 0 Å². The first-order valence-electron chi connectivity index (χ1n) is 12.3. The zero-order valence-corrected chi connectivity index (χ0v) is 24.4. The number of unbranched alkanes of at least 4 members (excludes halogenated alkanes) is 2. The van der Waals surface area contributed by atoms with Crippen LogP contribution in [0.3, 0.4) is 0 Å². The number of ketones is 2. The molecule has 0 fully saturated rings. The molecule has 0 saturated carbocycles. The highest BCUT2D eigenvalue weighted by Gasteiger charge is 2.37. The smallest absolute Gasteiger partial charge is 0.191 e. The second kappa shape index (κ2) is 13.4. The Morgan fingerprint density at radius 3 is 1.13 bits per heavy atom.